The maximum Gasteiger partial charge on any atom is 0.0347 e. The lowest BCUT2D eigenvalue weighted by Crippen LogP contribution is -1.95. The third-order valence-electron chi connectivity index (χ3n) is 4.75. The summed E-state index contributed by atoms with van der Waals surface area (Å²) in [6.45, 7) is 3.90. The summed E-state index contributed by atoms with van der Waals surface area (Å²) in [5, 5.41) is 0. The lowest BCUT2D eigenvalue weighted by molar-refractivity contribution is 1.40. The first kappa shape index (κ1) is 24.0. The van der Waals surface area contributed by atoms with Gasteiger partial charge in [0.05, 0.1) is 0 Å². The Kier molecular flexibility index (Phi) is 8.36. The molecule has 0 saturated carbocycles. The van der Waals surface area contributed by atoms with Crippen LogP contribution in [0.5, 0.6) is 0 Å². The summed E-state index contributed by atoms with van der Waals surface area (Å²) >= 11 is 0. The van der Waals surface area contributed by atoms with Gasteiger partial charge in [0.1, 0.15) is 0 Å². The van der Waals surface area contributed by atoms with E-state index in [2.05, 4.69) is 0 Å². The number of aryl methyl sites for hydroxylation is 2. The van der Waals surface area contributed by atoms with E-state index >= 15 is 0 Å². The average Bonchev–Trinajstić information content (AvgIpc) is 2.77. The third-order valence-corrected chi connectivity index (χ3v) is 4.75. The Morgan fingerprint density at radius 2 is 0.594 bits per heavy atom. The third kappa shape index (κ3) is 7.50. The molecule has 0 aliphatic carbocycles. The zero-order valence-electron chi connectivity index (χ0n) is 18.5. The maximum atomic E-state index is 5.63. The van der Waals surface area contributed by atoms with E-state index in [1.54, 1.807) is 24.3 Å². The van der Waals surface area contributed by atoms with Gasteiger partial charge in [-0.1, -0.05) is 24.3 Å². The molecule has 32 heavy (non-hydrogen) atoms. The van der Waals surface area contributed by atoms with Crippen LogP contribution in [0.25, 0.3) is 11.1 Å². The Morgan fingerprint density at radius 3 is 0.844 bits per heavy atom. The summed E-state index contributed by atoms with van der Waals surface area (Å²) in [4.78, 5) is 0. The zero-order chi connectivity index (χ0) is 23.7. The van der Waals surface area contributed by atoms with Crippen LogP contribution in [0.4, 0.5) is 34.1 Å². The second-order valence-corrected chi connectivity index (χ2v) is 7.48. The predicted octanol–water partition coefficient (Wildman–Crippen LogP) is 4.84. The van der Waals surface area contributed by atoms with Gasteiger partial charge < -0.3 is 34.4 Å². The number of hydrogen-bond donors (Lipinski definition) is 6. The van der Waals surface area contributed by atoms with E-state index < -0.39 is 0 Å². The fourth-order valence-electron chi connectivity index (χ4n) is 2.71. The molecule has 0 aromatic heterocycles. The zero-order valence-corrected chi connectivity index (χ0v) is 18.5. The van der Waals surface area contributed by atoms with Crippen molar-refractivity contribution in [3.63, 3.8) is 0 Å². The lowest BCUT2D eigenvalue weighted by atomic mass is 10.1. The van der Waals surface area contributed by atoms with Crippen molar-refractivity contribution in [3.05, 3.63) is 96.1 Å². The Balaban J connectivity index is 0.000000178. The quantitative estimate of drug-likeness (QED) is 0.238. The van der Waals surface area contributed by atoms with E-state index in [9.17, 15) is 0 Å². The number of benzene rings is 4. The summed E-state index contributed by atoms with van der Waals surface area (Å²) < 4.78 is 0. The van der Waals surface area contributed by atoms with Crippen LogP contribution in [-0.2, 0) is 0 Å². The summed E-state index contributed by atoms with van der Waals surface area (Å²) in [6, 6.07) is 26.5. The molecule has 0 atom stereocenters. The molecule has 0 unspecified atom stereocenters. The fraction of sp³-hybridized carbons (Fsp3) is 0.0769. The minimum absolute atomic E-state index is 0.749. The number of nitrogen functional groups attached to an aromatic ring is 6. The Hall–Kier alpha value is -4.32. The van der Waals surface area contributed by atoms with Crippen molar-refractivity contribution in [3.8, 4) is 11.1 Å². The molecule has 4 aromatic carbocycles. The average molecular weight is 429 g/mol. The Labute approximate surface area is 189 Å². The first-order valence-electron chi connectivity index (χ1n) is 10.1. The normalized spacial score (nSPS) is 9.69. The van der Waals surface area contributed by atoms with Crippen molar-refractivity contribution in [1.29, 1.82) is 0 Å². The van der Waals surface area contributed by atoms with Crippen molar-refractivity contribution in [2.75, 3.05) is 34.4 Å². The van der Waals surface area contributed by atoms with Crippen LogP contribution in [-0.4, -0.2) is 0 Å². The van der Waals surface area contributed by atoms with Crippen molar-refractivity contribution < 1.29 is 0 Å². The van der Waals surface area contributed by atoms with Gasteiger partial charge >= 0.3 is 0 Å². The lowest BCUT2D eigenvalue weighted by Gasteiger charge is -2.03. The number of rotatable bonds is 1. The maximum absolute atomic E-state index is 5.63. The first-order chi connectivity index (χ1) is 15.2. The highest BCUT2D eigenvalue weighted by molar-refractivity contribution is 5.67. The molecule has 166 valence electrons. The first-order valence-corrected chi connectivity index (χ1v) is 10.1. The second-order valence-electron chi connectivity index (χ2n) is 7.48. The van der Waals surface area contributed by atoms with Crippen molar-refractivity contribution in [1.82, 2.24) is 0 Å². The molecule has 0 aliphatic rings. The minimum Gasteiger partial charge on any atom is -0.399 e. The highest BCUT2D eigenvalue weighted by atomic mass is 14.6. The summed E-state index contributed by atoms with van der Waals surface area (Å²) in [5.41, 5.74) is 42.3. The molecule has 0 heterocycles. The van der Waals surface area contributed by atoms with Gasteiger partial charge in [0, 0.05) is 34.1 Å². The van der Waals surface area contributed by atoms with Gasteiger partial charge in [-0.2, -0.15) is 0 Å². The van der Waals surface area contributed by atoms with Gasteiger partial charge in [-0.3, -0.25) is 0 Å². The molecule has 0 amide bonds. The summed E-state index contributed by atoms with van der Waals surface area (Å²) in [7, 11) is 0. The van der Waals surface area contributed by atoms with Crippen LogP contribution in [0.3, 0.4) is 0 Å². The van der Waals surface area contributed by atoms with Crippen LogP contribution in [0.2, 0.25) is 0 Å². The molecule has 0 radical (unpaired) electrons. The molecule has 6 heteroatoms. The molecular formula is C26H32N6. The molecule has 0 fully saturated rings. The SMILES string of the molecule is Cc1cc(N)c(C)cc1N.Nc1ccc(-c2ccc(N)cc2)cc1.Nc1ccc(N)cc1. The van der Waals surface area contributed by atoms with Gasteiger partial charge in [0.25, 0.3) is 0 Å². The Bertz CT molecular complexity index is 1000. The van der Waals surface area contributed by atoms with Crippen molar-refractivity contribution >= 4 is 34.1 Å². The molecule has 0 saturated heterocycles. The number of anilines is 6. The highest BCUT2D eigenvalue weighted by Gasteiger charge is 1.97. The summed E-state index contributed by atoms with van der Waals surface area (Å²) in [5.74, 6) is 0. The molecule has 4 rings (SSSR count). The standard InChI is InChI=1S/C12H12N2.C8H12N2.C6H8N2/c13-11-5-1-9(2-6-11)10-3-7-12(14)8-4-10;1-5-3-8(10)6(2)4-7(5)9;7-5-1-2-6(8)4-3-5/h1-8H,13-14H2;3-4H,9-10H2,1-2H3;1-4H,7-8H2. The van der Waals surface area contributed by atoms with Crippen LogP contribution in [0.15, 0.2) is 84.9 Å². The van der Waals surface area contributed by atoms with Gasteiger partial charge in [-0.05, 0) is 96.8 Å². The number of hydrogen-bond acceptors (Lipinski definition) is 6. The van der Waals surface area contributed by atoms with E-state index in [0.29, 0.717) is 0 Å². The molecule has 0 bridgehead atoms. The van der Waals surface area contributed by atoms with E-state index in [4.69, 9.17) is 34.4 Å². The topological polar surface area (TPSA) is 156 Å². The largest absolute Gasteiger partial charge is 0.399 e. The Morgan fingerprint density at radius 1 is 0.375 bits per heavy atom. The number of nitrogens with two attached hydrogens (primary N) is 6. The molecule has 6 nitrogen and oxygen atoms in total. The van der Waals surface area contributed by atoms with E-state index in [-0.39, 0.29) is 0 Å². The van der Waals surface area contributed by atoms with Crippen LogP contribution in [0.1, 0.15) is 11.1 Å². The van der Waals surface area contributed by atoms with E-state index in [1.165, 1.54) is 0 Å². The molecule has 0 aliphatic heterocycles. The predicted molar refractivity (Wildman–Crippen MR) is 141 cm³/mol. The van der Waals surface area contributed by atoms with Gasteiger partial charge in [0.2, 0.25) is 0 Å². The molecule has 12 N–H and O–H groups in total. The summed E-state index contributed by atoms with van der Waals surface area (Å²) in [6.07, 6.45) is 0. The molecule has 4 aromatic rings. The highest BCUT2D eigenvalue weighted by Crippen LogP contribution is 2.21. The van der Waals surface area contributed by atoms with E-state index in [0.717, 1.165) is 56.4 Å². The van der Waals surface area contributed by atoms with Crippen LogP contribution < -0.4 is 34.4 Å². The van der Waals surface area contributed by atoms with Gasteiger partial charge in [0.15, 0.2) is 0 Å². The van der Waals surface area contributed by atoms with E-state index in [1.807, 2.05) is 74.5 Å². The second kappa shape index (κ2) is 11.2. The van der Waals surface area contributed by atoms with Crippen molar-refractivity contribution in [2.24, 2.45) is 0 Å². The van der Waals surface area contributed by atoms with Crippen LogP contribution >= 0.6 is 0 Å². The van der Waals surface area contributed by atoms with Crippen LogP contribution in [0, 0.1) is 13.8 Å². The van der Waals surface area contributed by atoms with Gasteiger partial charge in [-0.25, -0.2) is 0 Å². The van der Waals surface area contributed by atoms with Crippen molar-refractivity contribution in [2.45, 2.75) is 13.8 Å². The van der Waals surface area contributed by atoms with Gasteiger partial charge in [-0.15, -0.1) is 0 Å². The molecule has 0 spiro atoms. The fourth-order valence-corrected chi connectivity index (χ4v) is 2.71. The smallest absolute Gasteiger partial charge is 0.0347 e. The molecular weight excluding hydrogens is 396 g/mol. The minimum atomic E-state index is 0.749. The monoisotopic (exact) mass is 428 g/mol.